The van der Waals surface area contributed by atoms with Gasteiger partial charge in [-0.15, -0.1) is 0 Å². The van der Waals surface area contributed by atoms with Crippen molar-refractivity contribution in [2.45, 2.75) is 6.04 Å². The molecule has 0 unspecified atom stereocenters. The van der Waals surface area contributed by atoms with Gasteiger partial charge in [-0.05, 0) is 11.9 Å². The lowest BCUT2D eigenvalue weighted by atomic mass is 10.3. The van der Waals surface area contributed by atoms with Gasteiger partial charge in [0.05, 0.1) is 0 Å². The minimum atomic E-state index is -1.90. The SMILES string of the molecule is CSNC(=O)N(SC)C(C(=O)O)C(=O)O. The first-order valence-corrected chi connectivity index (χ1v) is 5.98. The number of hydrogen-bond acceptors (Lipinski definition) is 5. The van der Waals surface area contributed by atoms with E-state index in [4.69, 9.17) is 10.2 Å². The summed E-state index contributed by atoms with van der Waals surface area (Å²) in [6.07, 6.45) is 2.98. The second-order valence-corrected chi connectivity index (χ2v) is 3.57. The number of carboxylic acid groups (broad SMARTS) is 2. The van der Waals surface area contributed by atoms with Gasteiger partial charge in [-0.2, -0.15) is 0 Å². The van der Waals surface area contributed by atoms with Crippen LogP contribution in [-0.2, 0) is 9.59 Å². The van der Waals surface area contributed by atoms with Crippen molar-refractivity contribution < 1.29 is 24.6 Å². The molecule has 0 heterocycles. The number of nitrogens with one attached hydrogen (secondary N) is 1. The van der Waals surface area contributed by atoms with Gasteiger partial charge in [0.2, 0.25) is 6.04 Å². The molecule has 0 rings (SSSR count). The number of nitrogens with zero attached hydrogens (tertiary/aromatic N) is 1. The first kappa shape index (κ1) is 13.9. The van der Waals surface area contributed by atoms with E-state index in [0.717, 1.165) is 23.9 Å². The predicted octanol–water partition coefficient (Wildman–Crippen LogP) is 0.0918. The van der Waals surface area contributed by atoms with Crippen molar-refractivity contribution in [3.63, 3.8) is 0 Å². The highest BCUT2D eigenvalue weighted by molar-refractivity contribution is 7.98. The molecule has 0 spiro atoms. The summed E-state index contributed by atoms with van der Waals surface area (Å²) >= 11 is 1.68. The summed E-state index contributed by atoms with van der Waals surface area (Å²) in [6, 6.07) is -2.67. The zero-order valence-corrected chi connectivity index (χ0v) is 9.59. The molecule has 0 aliphatic carbocycles. The van der Waals surface area contributed by atoms with Gasteiger partial charge in [-0.3, -0.25) is 4.72 Å². The summed E-state index contributed by atoms with van der Waals surface area (Å²) in [5.41, 5.74) is 0. The van der Waals surface area contributed by atoms with Crippen LogP contribution in [0.15, 0.2) is 0 Å². The molecule has 0 atom stereocenters. The third-order valence-electron chi connectivity index (χ3n) is 1.29. The number of carboxylic acids is 2. The van der Waals surface area contributed by atoms with Crippen molar-refractivity contribution in [2.75, 3.05) is 12.5 Å². The average molecular weight is 254 g/mol. The van der Waals surface area contributed by atoms with E-state index in [1.807, 2.05) is 0 Å². The van der Waals surface area contributed by atoms with E-state index in [1.165, 1.54) is 6.26 Å². The Morgan fingerprint density at radius 2 is 1.67 bits per heavy atom. The number of aliphatic carboxylic acids is 2. The van der Waals surface area contributed by atoms with Crippen molar-refractivity contribution in [3.8, 4) is 0 Å². The van der Waals surface area contributed by atoms with Crippen LogP contribution >= 0.6 is 23.9 Å². The lowest BCUT2D eigenvalue weighted by Gasteiger charge is -2.22. The molecule has 0 bridgehead atoms. The first-order valence-electron chi connectivity index (χ1n) is 3.57. The second-order valence-electron chi connectivity index (χ2n) is 2.20. The molecule has 0 saturated carbocycles. The Balaban J connectivity index is 4.82. The zero-order valence-electron chi connectivity index (χ0n) is 7.96. The van der Waals surface area contributed by atoms with Crippen LogP contribution in [0, 0.1) is 0 Å². The maximum absolute atomic E-state index is 11.3. The van der Waals surface area contributed by atoms with Gasteiger partial charge in [0, 0.05) is 12.5 Å². The molecular weight excluding hydrogens is 244 g/mol. The number of rotatable bonds is 5. The van der Waals surface area contributed by atoms with E-state index >= 15 is 0 Å². The summed E-state index contributed by atoms with van der Waals surface area (Å²) in [6.45, 7) is 0. The normalized spacial score (nSPS) is 9.80. The maximum atomic E-state index is 11.3. The molecule has 15 heavy (non-hydrogen) atoms. The molecule has 0 saturated heterocycles. The Morgan fingerprint density at radius 1 is 1.20 bits per heavy atom. The number of hydrogen-bond donors (Lipinski definition) is 3. The van der Waals surface area contributed by atoms with Gasteiger partial charge in [0.1, 0.15) is 0 Å². The molecule has 0 aromatic rings. The van der Waals surface area contributed by atoms with Crippen molar-refractivity contribution in [1.82, 2.24) is 9.03 Å². The van der Waals surface area contributed by atoms with Gasteiger partial charge in [-0.25, -0.2) is 18.7 Å². The Hall–Kier alpha value is -1.09. The number of urea groups is 1. The van der Waals surface area contributed by atoms with Gasteiger partial charge >= 0.3 is 18.0 Å². The monoisotopic (exact) mass is 254 g/mol. The molecule has 0 aliphatic rings. The van der Waals surface area contributed by atoms with E-state index in [1.54, 1.807) is 6.26 Å². The molecule has 2 amide bonds. The van der Waals surface area contributed by atoms with Crippen LogP contribution in [0.25, 0.3) is 0 Å². The summed E-state index contributed by atoms with van der Waals surface area (Å²) in [7, 11) is 0. The third-order valence-corrected chi connectivity index (χ3v) is 2.44. The molecule has 0 fully saturated rings. The molecular formula is C6H10N2O5S2. The van der Waals surface area contributed by atoms with E-state index in [-0.39, 0.29) is 0 Å². The average Bonchev–Trinajstić information content (AvgIpc) is 2.12. The lowest BCUT2D eigenvalue weighted by molar-refractivity contribution is -0.152. The van der Waals surface area contributed by atoms with Crippen LogP contribution in [-0.4, -0.2) is 51.0 Å². The molecule has 7 nitrogen and oxygen atoms in total. The topological polar surface area (TPSA) is 107 Å². The smallest absolute Gasteiger partial charge is 0.339 e. The summed E-state index contributed by atoms with van der Waals surface area (Å²) in [5.74, 6) is -3.18. The molecule has 0 radical (unpaired) electrons. The maximum Gasteiger partial charge on any atom is 0.339 e. The predicted molar refractivity (Wildman–Crippen MR) is 56.5 cm³/mol. The highest BCUT2D eigenvalue weighted by Gasteiger charge is 2.36. The first-order chi connectivity index (χ1) is 6.95. The lowest BCUT2D eigenvalue weighted by Crippen LogP contribution is -2.48. The largest absolute Gasteiger partial charge is 0.479 e. The molecule has 86 valence electrons. The van der Waals surface area contributed by atoms with Crippen molar-refractivity contribution >= 4 is 41.9 Å². The standard InChI is InChI=1S/C6H10N2O5S2/c1-14-7-6(13)8(15-2)3(4(9)10)5(11)12/h3H,1-2H3,(H,7,13)(H,9,10)(H,11,12). The molecule has 0 aromatic heterocycles. The molecule has 9 heteroatoms. The minimum absolute atomic E-state index is 0.640. The van der Waals surface area contributed by atoms with Crippen LogP contribution < -0.4 is 4.72 Å². The Morgan fingerprint density at radius 3 is 1.93 bits per heavy atom. The Labute approximate surface area is 94.5 Å². The number of carbonyl (C=O) groups is 3. The summed E-state index contributed by atoms with van der Waals surface area (Å²) in [4.78, 5) is 32.5. The van der Waals surface area contributed by atoms with Crippen molar-refractivity contribution in [1.29, 1.82) is 0 Å². The fourth-order valence-corrected chi connectivity index (χ4v) is 1.68. The second kappa shape index (κ2) is 6.40. The van der Waals surface area contributed by atoms with E-state index < -0.39 is 24.0 Å². The van der Waals surface area contributed by atoms with Gasteiger partial charge < -0.3 is 10.2 Å². The minimum Gasteiger partial charge on any atom is -0.479 e. The van der Waals surface area contributed by atoms with Crippen LogP contribution in [0.5, 0.6) is 0 Å². The van der Waals surface area contributed by atoms with Gasteiger partial charge in [-0.1, -0.05) is 11.9 Å². The van der Waals surface area contributed by atoms with E-state index in [0.29, 0.717) is 4.31 Å². The molecule has 0 aromatic carbocycles. The van der Waals surface area contributed by atoms with Crippen LogP contribution in [0.2, 0.25) is 0 Å². The van der Waals surface area contributed by atoms with Crippen molar-refractivity contribution in [2.24, 2.45) is 0 Å². The fraction of sp³-hybridized carbons (Fsp3) is 0.500. The highest BCUT2D eigenvalue weighted by atomic mass is 32.2. The number of carbonyl (C=O) groups excluding carboxylic acids is 1. The quantitative estimate of drug-likeness (QED) is 0.471. The highest BCUT2D eigenvalue weighted by Crippen LogP contribution is 2.13. The van der Waals surface area contributed by atoms with Crippen molar-refractivity contribution in [3.05, 3.63) is 0 Å². The van der Waals surface area contributed by atoms with Gasteiger partial charge in [0.15, 0.2) is 0 Å². The van der Waals surface area contributed by atoms with Crippen LogP contribution in [0.1, 0.15) is 0 Å². The van der Waals surface area contributed by atoms with Gasteiger partial charge in [0.25, 0.3) is 0 Å². The zero-order chi connectivity index (χ0) is 12.0. The van der Waals surface area contributed by atoms with E-state index in [9.17, 15) is 14.4 Å². The number of amides is 2. The third kappa shape index (κ3) is 3.88. The summed E-state index contributed by atoms with van der Waals surface area (Å²) in [5, 5.41) is 17.3. The van der Waals surface area contributed by atoms with Crippen LogP contribution in [0.3, 0.4) is 0 Å². The van der Waals surface area contributed by atoms with Crippen LogP contribution in [0.4, 0.5) is 4.79 Å². The van der Waals surface area contributed by atoms with E-state index in [2.05, 4.69) is 4.72 Å². The summed E-state index contributed by atoms with van der Waals surface area (Å²) < 4.78 is 2.88. The Bertz CT molecular complexity index is 258. The fourth-order valence-electron chi connectivity index (χ4n) is 0.744. The molecule has 0 aliphatic heterocycles. The molecule has 3 N–H and O–H groups in total. The Kier molecular flexibility index (Phi) is 5.94.